The molecule has 1 N–H and O–H groups in total. The molecular formula is C18H22ClNO. The van der Waals surface area contributed by atoms with E-state index in [2.05, 4.69) is 31.3 Å². The molecule has 0 fully saturated rings. The fourth-order valence-electron chi connectivity index (χ4n) is 2.11. The van der Waals surface area contributed by atoms with Gasteiger partial charge in [-0.1, -0.05) is 67.9 Å². The van der Waals surface area contributed by atoms with Gasteiger partial charge < -0.3 is 10.1 Å². The Hall–Kier alpha value is -1.51. The number of halogens is 1. The van der Waals surface area contributed by atoms with Crippen molar-refractivity contribution in [1.29, 1.82) is 0 Å². The summed E-state index contributed by atoms with van der Waals surface area (Å²) in [5.41, 5.74) is 2.22. The van der Waals surface area contributed by atoms with Crippen molar-refractivity contribution in [3.05, 3.63) is 64.7 Å². The van der Waals surface area contributed by atoms with Crippen molar-refractivity contribution in [3.8, 4) is 5.75 Å². The molecule has 0 spiro atoms. The molecule has 0 radical (unpaired) electrons. The molecule has 2 nitrogen and oxygen atoms in total. The van der Waals surface area contributed by atoms with Crippen molar-refractivity contribution < 1.29 is 4.74 Å². The predicted octanol–water partition coefficient (Wildman–Crippen LogP) is 4.98. The Morgan fingerprint density at radius 3 is 2.38 bits per heavy atom. The van der Waals surface area contributed by atoms with Crippen LogP contribution in [0.4, 0.5) is 0 Å². The normalized spacial score (nSPS) is 12.4. The van der Waals surface area contributed by atoms with Crippen molar-refractivity contribution in [2.75, 3.05) is 0 Å². The van der Waals surface area contributed by atoms with Crippen LogP contribution in [0.15, 0.2) is 48.5 Å². The average Bonchev–Trinajstić information content (AvgIpc) is 2.48. The number of para-hydroxylation sites is 1. The smallest absolute Gasteiger partial charge is 0.143 e. The van der Waals surface area contributed by atoms with Gasteiger partial charge >= 0.3 is 0 Å². The van der Waals surface area contributed by atoms with Crippen LogP contribution in [-0.4, -0.2) is 6.04 Å². The van der Waals surface area contributed by atoms with Crippen LogP contribution < -0.4 is 10.1 Å². The van der Waals surface area contributed by atoms with Crippen LogP contribution in [-0.2, 0) is 6.54 Å². The maximum atomic E-state index is 6.32. The monoisotopic (exact) mass is 303 g/mol. The Balaban J connectivity index is 2.18. The van der Waals surface area contributed by atoms with Gasteiger partial charge in [-0.15, -0.1) is 0 Å². The minimum atomic E-state index is -0.0381. The molecule has 2 aromatic rings. The van der Waals surface area contributed by atoms with Crippen molar-refractivity contribution in [3.63, 3.8) is 0 Å². The third-order valence-electron chi connectivity index (χ3n) is 3.31. The zero-order valence-corrected chi connectivity index (χ0v) is 13.5. The third kappa shape index (κ3) is 4.48. The molecule has 0 aliphatic carbocycles. The van der Waals surface area contributed by atoms with Gasteiger partial charge in [0.25, 0.3) is 0 Å². The molecule has 0 bridgehead atoms. The van der Waals surface area contributed by atoms with E-state index in [4.69, 9.17) is 16.3 Å². The van der Waals surface area contributed by atoms with Gasteiger partial charge in [-0.3, -0.25) is 0 Å². The lowest BCUT2D eigenvalue weighted by Crippen LogP contribution is -2.22. The first-order valence-corrected chi connectivity index (χ1v) is 7.68. The quantitative estimate of drug-likeness (QED) is 0.813. The molecule has 0 amide bonds. The predicted molar refractivity (Wildman–Crippen MR) is 88.9 cm³/mol. The highest BCUT2D eigenvalue weighted by atomic mass is 35.5. The SMILES string of the molecule is CC(C)NCc1cccc(Cl)c1OC(C)c1ccccc1. The number of rotatable bonds is 6. The molecule has 0 saturated carbocycles. The fraction of sp³-hybridized carbons (Fsp3) is 0.333. The molecule has 0 aliphatic rings. The minimum absolute atomic E-state index is 0.0381. The molecule has 1 unspecified atom stereocenters. The number of hydrogen-bond acceptors (Lipinski definition) is 2. The average molecular weight is 304 g/mol. The zero-order chi connectivity index (χ0) is 15.2. The van der Waals surface area contributed by atoms with Crippen LogP contribution in [0.2, 0.25) is 5.02 Å². The van der Waals surface area contributed by atoms with E-state index in [1.807, 2.05) is 43.3 Å². The van der Waals surface area contributed by atoms with Gasteiger partial charge in [0.15, 0.2) is 0 Å². The largest absolute Gasteiger partial charge is 0.484 e. The maximum Gasteiger partial charge on any atom is 0.143 e. The zero-order valence-electron chi connectivity index (χ0n) is 12.8. The number of benzene rings is 2. The first-order valence-electron chi connectivity index (χ1n) is 7.30. The van der Waals surface area contributed by atoms with Crippen LogP contribution in [0.5, 0.6) is 5.75 Å². The van der Waals surface area contributed by atoms with Gasteiger partial charge in [0.2, 0.25) is 0 Å². The van der Waals surface area contributed by atoms with Crippen LogP contribution in [0.1, 0.15) is 38.0 Å². The second-order valence-electron chi connectivity index (χ2n) is 5.43. The van der Waals surface area contributed by atoms with E-state index in [0.29, 0.717) is 11.1 Å². The molecule has 0 saturated heterocycles. The maximum absolute atomic E-state index is 6.32. The van der Waals surface area contributed by atoms with E-state index in [9.17, 15) is 0 Å². The van der Waals surface area contributed by atoms with Crippen molar-refractivity contribution in [2.24, 2.45) is 0 Å². The highest BCUT2D eigenvalue weighted by Crippen LogP contribution is 2.32. The first kappa shape index (κ1) is 15.9. The number of nitrogens with one attached hydrogen (secondary N) is 1. The van der Waals surface area contributed by atoms with Gasteiger partial charge in [0.05, 0.1) is 5.02 Å². The summed E-state index contributed by atoms with van der Waals surface area (Å²) < 4.78 is 6.12. The summed E-state index contributed by atoms with van der Waals surface area (Å²) in [5.74, 6) is 0.767. The molecule has 0 heterocycles. The van der Waals surface area contributed by atoms with E-state index in [1.54, 1.807) is 0 Å². The third-order valence-corrected chi connectivity index (χ3v) is 3.61. The minimum Gasteiger partial charge on any atom is -0.484 e. The second-order valence-corrected chi connectivity index (χ2v) is 5.84. The summed E-state index contributed by atoms with van der Waals surface area (Å²) >= 11 is 6.32. The van der Waals surface area contributed by atoms with Gasteiger partial charge in [-0.05, 0) is 18.6 Å². The molecular weight excluding hydrogens is 282 g/mol. The Bertz CT molecular complexity index is 569. The first-order chi connectivity index (χ1) is 10.1. The Kier molecular flexibility index (Phi) is 5.66. The molecule has 0 aliphatic heterocycles. The van der Waals surface area contributed by atoms with Crippen LogP contribution in [0, 0.1) is 0 Å². The summed E-state index contributed by atoms with van der Waals surface area (Å²) in [5, 5.41) is 4.06. The van der Waals surface area contributed by atoms with Crippen LogP contribution in [0.3, 0.4) is 0 Å². The van der Waals surface area contributed by atoms with E-state index in [0.717, 1.165) is 23.4 Å². The van der Waals surface area contributed by atoms with E-state index in [-0.39, 0.29) is 6.10 Å². The Labute approximate surface area is 132 Å². The molecule has 1 atom stereocenters. The van der Waals surface area contributed by atoms with Crippen molar-refractivity contribution in [1.82, 2.24) is 5.32 Å². The molecule has 2 aromatic carbocycles. The van der Waals surface area contributed by atoms with Gasteiger partial charge in [0.1, 0.15) is 11.9 Å². The Morgan fingerprint density at radius 1 is 1.00 bits per heavy atom. The van der Waals surface area contributed by atoms with Gasteiger partial charge in [-0.25, -0.2) is 0 Å². The lowest BCUT2D eigenvalue weighted by molar-refractivity contribution is 0.224. The highest BCUT2D eigenvalue weighted by Gasteiger charge is 2.13. The molecule has 0 aromatic heterocycles. The summed E-state index contributed by atoms with van der Waals surface area (Å²) in [6, 6.07) is 16.5. The lowest BCUT2D eigenvalue weighted by Gasteiger charge is -2.20. The number of hydrogen-bond donors (Lipinski definition) is 1. The summed E-state index contributed by atoms with van der Waals surface area (Å²) in [6.45, 7) is 7.03. The summed E-state index contributed by atoms with van der Waals surface area (Å²) in [7, 11) is 0. The fourth-order valence-corrected chi connectivity index (χ4v) is 2.35. The topological polar surface area (TPSA) is 21.3 Å². The van der Waals surface area contributed by atoms with Crippen LogP contribution >= 0.6 is 11.6 Å². The van der Waals surface area contributed by atoms with Gasteiger partial charge in [0, 0.05) is 18.2 Å². The van der Waals surface area contributed by atoms with E-state index < -0.39 is 0 Å². The highest BCUT2D eigenvalue weighted by molar-refractivity contribution is 6.32. The molecule has 21 heavy (non-hydrogen) atoms. The summed E-state index contributed by atoms with van der Waals surface area (Å²) in [6.07, 6.45) is -0.0381. The van der Waals surface area contributed by atoms with E-state index >= 15 is 0 Å². The van der Waals surface area contributed by atoms with E-state index in [1.165, 1.54) is 0 Å². The standard InChI is InChI=1S/C18H22ClNO/c1-13(2)20-12-16-10-7-11-17(19)18(16)21-14(3)15-8-5-4-6-9-15/h4-11,13-14,20H,12H2,1-3H3. The lowest BCUT2D eigenvalue weighted by atomic mass is 10.1. The summed E-state index contributed by atoms with van der Waals surface area (Å²) in [4.78, 5) is 0. The van der Waals surface area contributed by atoms with Crippen molar-refractivity contribution in [2.45, 2.75) is 39.5 Å². The van der Waals surface area contributed by atoms with Gasteiger partial charge in [-0.2, -0.15) is 0 Å². The number of ether oxygens (including phenoxy) is 1. The van der Waals surface area contributed by atoms with Crippen molar-refractivity contribution >= 4 is 11.6 Å². The molecule has 3 heteroatoms. The molecule has 112 valence electrons. The Morgan fingerprint density at radius 2 is 1.71 bits per heavy atom. The van der Waals surface area contributed by atoms with Crippen LogP contribution in [0.25, 0.3) is 0 Å². The second kappa shape index (κ2) is 7.48. The molecule has 2 rings (SSSR count).